The monoisotopic (exact) mass is 237 g/mol. The molecule has 1 aliphatic rings. The van der Waals surface area contributed by atoms with E-state index in [1.54, 1.807) is 0 Å². The predicted molar refractivity (Wildman–Crippen MR) is 63.3 cm³/mol. The third-order valence-corrected chi connectivity index (χ3v) is 3.23. The summed E-state index contributed by atoms with van der Waals surface area (Å²) in [6, 6.07) is -0.0787. The standard InChI is InChI=1S/C12H19N3O2/c1-3-15-9-10(7-13-15)8-14-6-4-5-11(14)12(16)17-2/h7,9,11H,3-6,8H2,1-2H3. The van der Waals surface area contributed by atoms with E-state index in [4.69, 9.17) is 4.74 Å². The molecule has 0 aliphatic carbocycles. The normalized spacial score (nSPS) is 20.7. The molecular formula is C12H19N3O2. The van der Waals surface area contributed by atoms with E-state index in [1.165, 1.54) is 7.11 Å². The smallest absolute Gasteiger partial charge is 0.323 e. The third-order valence-electron chi connectivity index (χ3n) is 3.23. The van der Waals surface area contributed by atoms with Gasteiger partial charge < -0.3 is 4.74 Å². The average molecular weight is 237 g/mol. The van der Waals surface area contributed by atoms with Gasteiger partial charge >= 0.3 is 5.97 Å². The molecular weight excluding hydrogens is 218 g/mol. The van der Waals surface area contributed by atoms with Crippen LogP contribution in [0.5, 0.6) is 0 Å². The first-order chi connectivity index (χ1) is 8.24. The lowest BCUT2D eigenvalue weighted by atomic mass is 10.2. The summed E-state index contributed by atoms with van der Waals surface area (Å²) in [6.07, 6.45) is 5.86. The Morgan fingerprint density at radius 3 is 3.12 bits per heavy atom. The Hall–Kier alpha value is -1.36. The molecule has 5 heteroatoms. The van der Waals surface area contributed by atoms with Crippen LogP contribution in [0.2, 0.25) is 0 Å². The highest BCUT2D eigenvalue weighted by atomic mass is 16.5. The van der Waals surface area contributed by atoms with E-state index in [1.807, 2.05) is 17.1 Å². The van der Waals surface area contributed by atoms with Gasteiger partial charge in [0.2, 0.25) is 0 Å². The molecule has 94 valence electrons. The Labute approximate surface area is 101 Å². The van der Waals surface area contributed by atoms with Crippen molar-refractivity contribution in [3.8, 4) is 0 Å². The summed E-state index contributed by atoms with van der Waals surface area (Å²) in [6.45, 7) is 4.67. The van der Waals surface area contributed by atoms with Crippen LogP contribution >= 0.6 is 0 Å². The maximum atomic E-state index is 11.6. The molecule has 1 aliphatic heterocycles. The summed E-state index contributed by atoms with van der Waals surface area (Å²) in [5, 5.41) is 4.24. The van der Waals surface area contributed by atoms with Crippen molar-refractivity contribution >= 4 is 5.97 Å². The lowest BCUT2D eigenvalue weighted by Crippen LogP contribution is -2.36. The molecule has 0 saturated carbocycles. The van der Waals surface area contributed by atoms with Crippen molar-refractivity contribution in [2.24, 2.45) is 0 Å². The Morgan fingerprint density at radius 2 is 2.47 bits per heavy atom. The van der Waals surface area contributed by atoms with E-state index in [9.17, 15) is 4.79 Å². The fraction of sp³-hybridized carbons (Fsp3) is 0.667. The van der Waals surface area contributed by atoms with Crippen molar-refractivity contribution in [2.75, 3.05) is 13.7 Å². The van der Waals surface area contributed by atoms with Gasteiger partial charge in [-0.2, -0.15) is 5.10 Å². The minimum Gasteiger partial charge on any atom is -0.468 e. The van der Waals surface area contributed by atoms with Crippen molar-refractivity contribution in [2.45, 2.75) is 38.9 Å². The van der Waals surface area contributed by atoms with Crippen LogP contribution < -0.4 is 0 Å². The molecule has 5 nitrogen and oxygen atoms in total. The van der Waals surface area contributed by atoms with Crippen LogP contribution in [-0.2, 0) is 22.6 Å². The number of hydrogen-bond donors (Lipinski definition) is 0. The molecule has 1 fully saturated rings. The maximum Gasteiger partial charge on any atom is 0.323 e. The molecule has 17 heavy (non-hydrogen) atoms. The summed E-state index contributed by atoms with van der Waals surface area (Å²) in [7, 11) is 1.45. The highest BCUT2D eigenvalue weighted by molar-refractivity contribution is 5.75. The van der Waals surface area contributed by atoms with Gasteiger partial charge in [-0.3, -0.25) is 14.4 Å². The first kappa shape index (κ1) is 12.1. The van der Waals surface area contributed by atoms with E-state index in [-0.39, 0.29) is 12.0 Å². The summed E-state index contributed by atoms with van der Waals surface area (Å²) < 4.78 is 6.73. The van der Waals surface area contributed by atoms with Crippen LogP contribution in [0.15, 0.2) is 12.4 Å². The Kier molecular flexibility index (Phi) is 3.78. The first-order valence-corrected chi connectivity index (χ1v) is 6.07. The number of carbonyl (C=O) groups is 1. The summed E-state index contributed by atoms with van der Waals surface area (Å²) >= 11 is 0. The predicted octanol–water partition coefficient (Wildman–Crippen LogP) is 1.04. The molecule has 0 radical (unpaired) electrons. The second kappa shape index (κ2) is 5.31. The number of aryl methyl sites for hydroxylation is 1. The molecule has 1 unspecified atom stereocenters. The van der Waals surface area contributed by atoms with Gasteiger partial charge in [-0.15, -0.1) is 0 Å². The SMILES string of the molecule is CCn1cc(CN2CCCC2C(=O)OC)cn1. The van der Waals surface area contributed by atoms with Crippen LogP contribution in [0.4, 0.5) is 0 Å². The van der Waals surface area contributed by atoms with Crippen LogP contribution in [0.25, 0.3) is 0 Å². The molecule has 1 aromatic heterocycles. The van der Waals surface area contributed by atoms with Gasteiger partial charge in [0, 0.05) is 24.8 Å². The van der Waals surface area contributed by atoms with Gasteiger partial charge in [0.15, 0.2) is 0 Å². The number of aromatic nitrogens is 2. The molecule has 1 atom stereocenters. The van der Waals surface area contributed by atoms with Gasteiger partial charge in [-0.1, -0.05) is 0 Å². The number of methoxy groups -OCH3 is 1. The number of ether oxygens (including phenoxy) is 1. The van der Waals surface area contributed by atoms with Crippen LogP contribution in [0.3, 0.4) is 0 Å². The number of esters is 1. The van der Waals surface area contributed by atoms with Crippen LogP contribution in [-0.4, -0.2) is 40.3 Å². The molecule has 0 aromatic carbocycles. The number of hydrogen-bond acceptors (Lipinski definition) is 4. The van der Waals surface area contributed by atoms with E-state index in [0.717, 1.165) is 38.0 Å². The molecule has 0 bridgehead atoms. The second-order valence-electron chi connectivity index (χ2n) is 4.36. The molecule has 2 heterocycles. The van der Waals surface area contributed by atoms with E-state index < -0.39 is 0 Å². The summed E-state index contributed by atoms with van der Waals surface area (Å²) in [5.74, 6) is -0.120. The fourth-order valence-corrected chi connectivity index (χ4v) is 2.31. The molecule has 0 amide bonds. The zero-order chi connectivity index (χ0) is 12.3. The molecule has 1 saturated heterocycles. The lowest BCUT2D eigenvalue weighted by molar-refractivity contribution is -0.146. The summed E-state index contributed by atoms with van der Waals surface area (Å²) in [5.41, 5.74) is 1.16. The number of nitrogens with zero attached hydrogens (tertiary/aromatic N) is 3. The molecule has 0 spiro atoms. The number of likely N-dealkylation sites (tertiary alicyclic amines) is 1. The Bertz CT molecular complexity index is 389. The summed E-state index contributed by atoms with van der Waals surface area (Å²) in [4.78, 5) is 13.8. The number of carbonyl (C=O) groups excluding carboxylic acids is 1. The van der Waals surface area contributed by atoms with Crippen molar-refractivity contribution in [1.82, 2.24) is 14.7 Å². The Balaban J connectivity index is 2.00. The zero-order valence-corrected chi connectivity index (χ0v) is 10.4. The van der Waals surface area contributed by atoms with E-state index in [0.29, 0.717) is 0 Å². The van der Waals surface area contributed by atoms with E-state index in [2.05, 4.69) is 16.9 Å². The van der Waals surface area contributed by atoms with Crippen molar-refractivity contribution in [3.05, 3.63) is 18.0 Å². The largest absolute Gasteiger partial charge is 0.468 e. The quantitative estimate of drug-likeness (QED) is 0.734. The van der Waals surface area contributed by atoms with Crippen molar-refractivity contribution in [3.63, 3.8) is 0 Å². The average Bonchev–Trinajstić information content (AvgIpc) is 2.97. The van der Waals surface area contributed by atoms with E-state index >= 15 is 0 Å². The highest BCUT2D eigenvalue weighted by Gasteiger charge is 2.31. The number of rotatable bonds is 4. The van der Waals surface area contributed by atoms with Crippen LogP contribution in [0.1, 0.15) is 25.3 Å². The minimum absolute atomic E-state index is 0.0787. The van der Waals surface area contributed by atoms with Crippen molar-refractivity contribution in [1.29, 1.82) is 0 Å². The maximum absolute atomic E-state index is 11.6. The second-order valence-corrected chi connectivity index (χ2v) is 4.36. The molecule has 0 N–H and O–H groups in total. The first-order valence-electron chi connectivity index (χ1n) is 6.07. The fourth-order valence-electron chi connectivity index (χ4n) is 2.31. The van der Waals surface area contributed by atoms with Gasteiger partial charge in [0.05, 0.1) is 13.3 Å². The van der Waals surface area contributed by atoms with Gasteiger partial charge in [-0.05, 0) is 26.3 Å². The van der Waals surface area contributed by atoms with Gasteiger partial charge in [-0.25, -0.2) is 0 Å². The van der Waals surface area contributed by atoms with Gasteiger partial charge in [0.1, 0.15) is 6.04 Å². The molecule has 2 rings (SSSR count). The zero-order valence-electron chi connectivity index (χ0n) is 10.4. The Morgan fingerprint density at radius 1 is 1.65 bits per heavy atom. The van der Waals surface area contributed by atoms with Crippen LogP contribution in [0, 0.1) is 0 Å². The topological polar surface area (TPSA) is 47.4 Å². The minimum atomic E-state index is -0.120. The van der Waals surface area contributed by atoms with Gasteiger partial charge in [0.25, 0.3) is 0 Å². The molecule has 1 aromatic rings. The highest BCUT2D eigenvalue weighted by Crippen LogP contribution is 2.20. The third kappa shape index (κ3) is 2.66. The van der Waals surface area contributed by atoms with Crippen molar-refractivity contribution < 1.29 is 9.53 Å². The lowest BCUT2D eigenvalue weighted by Gasteiger charge is -2.21.